The number of carbonyl (C=O) groups excluding carboxylic acids is 1. The number of hydrogen-bond donors (Lipinski definition) is 0. The molecule has 0 radical (unpaired) electrons. The van der Waals surface area contributed by atoms with Gasteiger partial charge in [-0.15, -0.1) is 0 Å². The molecule has 1 aliphatic heterocycles. The van der Waals surface area contributed by atoms with Gasteiger partial charge in [-0.1, -0.05) is 0 Å². The fourth-order valence-electron chi connectivity index (χ4n) is 1.92. The average Bonchev–Trinajstić information content (AvgIpc) is 2.76. The van der Waals surface area contributed by atoms with Crippen LogP contribution in [0.5, 0.6) is 0 Å². The average molecular weight is 272 g/mol. The number of carbonyl (C=O) groups is 1. The molecule has 0 bridgehead atoms. The van der Waals surface area contributed by atoms with Crippen molar-refractivity contribution in [2.45, 2.75) is 11.8 Å². The van der Waals surface area contributed by atoms with Gasteiger partial charge in [0.25, 0.3) is 0 Å². The van der Waals surface area contributed by atoms with Crippen LogP contribution < -0.4 is 0 Å². The van der Waals surface area contributed by atoms with Crippen LogP contribution >= 0.6 is 0 Å². The predicted octanol–water partition coefficient (Wildman–Crippen LogP) is -0.727. The van der Waals surface area contributed by atoms with Crippen LogP contribution in [0.25, 0.3) is 0 Å². The number of sulfonamides is 1. The van der Waals surface area contributed by atoms with Crippen LogP contribution in [0.15, 0.2) is 17.3 Å². The zero-order valence-electron chi connectivity index (χ0n) is 10.4. The van der Waals surface area contributed by atoms with Gasteiger partial charge < -0.3 is 4.90 Å². The summed E-state index contributed by atoms with van der Waals surface area (Å²) >= 11 is 0. The molecule has 2 heterocycles. The molecule has 8 heteroatoms. The molecule has 0 unspecified atom stereocenters. The van der Waals surface area contributed by atoms with E-state index in [0.29, 0.717) is 26.2 Å². The third-order valence-electron chi connectivity index (χ3n) is 3.00. The second-order valence-electron chi connectivity index (χ2n) is 4.26. The fourth-order valence-corrected chi connectivity index (χ4v) is 3.33. The molecule has 0 aromatic carbocycles. The molecule has 1 aromatic heterocycles. The Bertz CT molecular complexity index is 543. The first-order valence-electron chi connectivity index (χ1n) is 5.65. The Morgan fingerprint density at radius 3 is 2.33 bits per heavy atom. The van der Waals surface area contributed by atoms with Crippen molar-refractivity contribution in [3.05, 3.63) is 12.4 Å². The largest absolute Gasteiger partial charge is 0.340 e. The van der Waals surface area contributed by atoms with Crippen LogP contribution in [0.3, 0.4) is 0 Å². The van der Waals surface area contributed by atoms with Crippen molar-refractivity contribution in [1.29, 1.82) is 0 Å². The molecular weight excluding hydrogens is 256 g/mol. The molecule has 18 heavy (non-hydrogen) atoms. The molecule has 7 nitrogen and oxygen atoms in total. The van der Waals surface area contributed by atoms with E-state index in [9.17, 15) is 13.2 Å². The summed E-state index contributed by atoms with van der Waals surface area (Å²) in [5.41, 5.74) is 0. The number of piperazine rings is 1. The van der Waals surface area contributed by atoms with Gasteiger partial charge in [0.2, 0.25) is 15.9 Å². The van der Waals surface area contributed by atoms with Gasteiger partial charge in [-0.3, -0.25) is 9.48 Å². The summed E-state index contributed by atoms with van der Waals surface area (Å²) in [4.78, 5) is 13.0. The Morgan fingerprint density at radius 2 is 1.89 bits per heavy atom. The monoisotopic (exact) mass is 272 g/mol. The van der Waals surface area contributed by atoms with Gasteiger partial charge in [-0.2, -0.15) is 9.40 Å². The maximum atomic E-state index is 12.2. The lowest BCUT2D eigenvalue weighted by Crippen LogP contribution is -2.49. The van der Waals surface area contributed by atoms with Gasteiger partial charge >= 0.3 is 0 Å². The molecule has 1 aromatic rings. The van der Waals surface area contributed by atoms with Gasteiger partial charge in [0, 0.05) is 46.3 Å². The molecule has 0 aliphatic carbocycles. The van der Waals surface area contributed by atoms with Gasteiger partial charge in [-0.05, 0) is 0 Å². The predicted molar refractivity (Wildman–Crippen MR) is 64.2 cm³/mol. The van der Waals surface area contributed by atoms with Crippen LogP contribution in [0.2, 0.25) is 0 Å². The highest BCUT2D eigenvalue weighted by Crippen LogP contribution is 2.16. The number of aromatic nitrogens is 2. The first-order valence-corrected chi connectivity index (χ1v) is 7.09. The highest BCUT2D eigenvalue weighted by molar-refractivity contribution is 7.89. The lowest BCUT2D eigenvalue weighted by atomic mass is 10.3. The number of aryl methyl sites for hydroxylation is 1. The minimum absolute atomic E-state index is 0.0200. The van der Waals surface area contributed by atoms with E-state index in [1.807, 2.05) is 0 Å². The van der Waals surface area contributed by atoms with E-state index in [1.165, 1.54) is 28.3 Å². The lowest BCUT2D eigenvalue weighted by molar-refractivity contribution is -0.129. The number of amides is 1. The lowest BCUT2D eigenvalue weighted by Gasteiger charge is -2.33. The van der Waals surface area contributed by atoms with E-state index in [4.69, 9.17) is 0 Å². The summed E-state index contributed by atoms with van der Waals surface area (Å²) < 4.78 is 27.3. The third-order valence-corrected chi connectivity index (χ3v) is 4.85. The highest BCUT2D eigenvalue weighted by atomic mass is 32.2. The minimum atomic E-state index is -3.48. The Morgan fingerprint density at radius 1 is 1.28 bits per heavy atom. The van der Waals surface area contributed by atoms with E-state index >= 15 is 0 Å². The fraction of sp³-hybridized carbons (Fsp3) is 0.600. The van der Waals surface area contributed by atoms with E-state index < -0.39 is 10.0 Å². The van der Waals surface area contributed by atoms with Crippen LogP contribution in [0.1, 0.15) is 6.92 Å². The topological polar surface area (TPSA) is 75.5 Å². The summed E-state index contributed by atoms with van der Waals surface area (Å²) in [6.07, 6.45) is 2.82. The van der Waals surface area contributed by atoms with Crippen LogP contribution in [-0.4, -0.2) is 59.5 Å². The number of hydrogen-bond acceptors (Lipinski definition) is 4. The number of rotatable bonds is 2. The molecule has 1 aliphatic rings. The molecule has 1 amide bonds. The summed E-state index contributed by atoms with van der Waals surface area (Å²) in [5.74, 6) is -0.0200. The second-order valence-corrected chi connectivity index (χ2v) is 6.20. The minimum Gasteiger partial charge on any atom is -0.340 e. The SMILES string of the molecule is CC(=O)N1CCN(S(=O)(=O)c2cnn(C)c2)CC1. The molecule has 1 fully saturated rings. The summed E-state index contributed by atoms with van der Waals surface area (Å²) in [5, 5.41) is 3.87. The molecule has 0 atom stereocenters. The first-order chi connectivity index (χ1) is 8.41. The maximum absolute atomic E-state index is 12.2. The van der Waals surface area contributed by atoms with Gasteiger partial charge in [-0.25, -0.2) is 8.42 Å². The standard InChI is InChI=1S/C10H16N4O3S/c1-9(15)13-3-5-14(6-4-13)18(16,17)10-7-11-12(2)8-10/h7-8H,3-6H2,1-2H3. The Balaban J connectivity index is 2.12. The Hall–Kier alpha value is -1.41. The smallest absolute Gasteiger partial charge is 0.246 e. The van der Waals surface area contributed by atoms with Gasteiger partial charge in [0.15, 0.2) is 0 Å². The van der Waals surface area contributed by atoms with Crippen molar-refractivity contribution in [3.8, 4) is 0 Å². The molecule has 2 rings (SSSR count). The normalized spacial score (nSPS) is 18.0. The molecule has 0 N–H and O–H groups in total. The maximum Gasteiger partial charge on any atom is 0.246 e. The second kappa shape index (κ2) is 4.69. The zero-order chi connectivity index (χ0) is 13.3. The third kappa shape index (κ3) is 2.39. The van der Waals surface area contributed by atoms with Crippen LogP contribution in [0.4, 0.5) is 0 Å². The molecule has 100 valence electrons. The zero-order valence-corrected chi connectivity index (χ0v) is 11.2. The van der Waals surface area contributed by atoms with E-state index in [2.05, 4.69) is 5.10 Å². The van der Waals surface area contributed by atoms with Crippen molar-refractivity contribution in [2.75, 3.05) is 26.2 Å². The quantitative estimate of drug-likeness (QED) is 0.711. The van der Waals surface area contributed by atoms with Crippen molar-refractivity contribution in [3.63, 3.8) is 0 Å². The van der Waals surface area contributed by atoms with Crippen molar-refractivity contribution in [1.82, 2.24) is 19.0 Å². The molecule has 1 saturated heterocycles. The summed E-state index contributed by atoms with van der Waals surface area (Å²) in [7, 11) is -1.80. The van der Waals surface area contributed by atoms with E-state index in [0.717, 1.165) is 0 Å². The summed E-state index contributed by atoms with van der Waals surface area (Å²) in [6, 6.07) is 0. The van der Waals surface area contributed by atoms with Crippen LogP contribution in [-0.2, 0) is 21.9 Å². The molecule has 0 spiro atoms. The number of nitrogens with zero attached hydrogens (tertiary/aromatic N) is 4. The first kappa shape index (κ1) is 13.0. The van der Waals surface area contributed by atoms with Crippen molar-refractivity contribution in [2.24, 2.45) is 7.05 Å². The van der Waals surface area contributed by atoms with E-state index in [1.54, 1.807) is 11.9 Å². The molecular formula is C10H16N4O3S. The van der Waals surface area contributed by atoms with Crippen molar-refractivity contribution >= 4 is 15.9 Å². The Labute approximate surface area is 106 Å². The molecule has 0 saturated carbocycles. The van der Waals surface area contributed by atoms with Gasteiger partial charge in [0.1, 0.15) is 4.90 Å². The van der Waals surface area contributed by atoms with Crippen molar-refractivity contribution < 1.29 is 13.2 Å². The summed E-state index contributed by atoms with van der Waals surface area (Å²) in [6.45, 7) is 3.03. The van der Waals surface area contributed by atoms with E-state index in [-0.39, 0.29) is 10.8 Å². The Kier molecular flexibility index (Phi) is 3.40. The highest BCUT2D eigenvalue weighted by Gasteiger charge is 2.29. The van der Waals surface area contributed by atoms with Gasteiger partial charge in [0.05, 0.1) is 6.20 Å². The van der Waals surface area contributed by atoms with Crippen LogP contribution in [0, 0.1) is 0 Å².